The molecule has 2 nitrogen and oxygen atoms in total. The summed E-state index contributed by atoms with van der Waals surface area (Å²) in [4.78, 5) is 14.8. The van der Waals surface area contributed by atoms with Crippen LogP contribution in [0.25, 0.3) is 11.1 Å². The molecule has 1 amide bonds. The van der Waals surface area contributed by atoms with Crippen LogP contribution in [0.3, 0.4) is 0 Å². The molecule has 1 saturated carbocycles. The Morgan fingerprint density at radius 2 is 1.58 bits per heavy atom. The molecule has 1 fully saturated rings. The van der Waals surface area contributed by atoms with Gasteiger partial charge in [0, 0.05) is 17.8 Å². The maximum Gasteiger partial charge on any atom is 0.258 e. The average Bonchev–Trinajstić information content (AvgIpc) is 3.27. The first-order valence-corrected chi connectivity index (χ1v) is 11.8. The molecule has 3 aromatic rings. The Morgan fingerprint density at radius 3 is 2.29 bits per heavy atom. The smallest absolute Gasteiger partial charge is 0.258 e. The van der Waals surface area contributed by atoms with E-state index in [1.165, 1.54) is 54.4 Å². The van der Waals surface area contributed by atoms with Crippen molar-refractivity contribution in [2.24, 2.45) is 5.92 Å². The van der Waals surface area contributed by atoms with E-state index in [1.807, 2.05) is 35.2 Å². The van der Waals surface area contributed by atoms with Crippen molar-refractivity contribution in [1.82, 2.24) is 0 Å². The van der Waals surface area contributed by atoms with Crippen LogP contribution in [0.5, 0.6) is 0 Å². The second kappa shape index (κ2) is 8.70. The third-order valence-electron chi connectivity index (χ3n) is 7.38. The fourth-order valence-corrected chi connectivity index (χ4v) is 5.38. The van der Waals surface area contributed by atoms with Crippen LogP contribution in [-0.2, 0) is 6.42 Å². The molecule has 0 atom stereocenters. The lowest BCUT2D eigenvalue weighted by Gasteiger charge is -2.28. The van der Waals surface area contributed by atoms with Gasteiger partial charge in [-0.2, -0.15) is 0 Å². The lowest BCUT2D eigenvalue weighted by Crippen LogP contribution is -2.28. The molecular weight excluding hydrogens is 378 g/mol. The average molecular weight is 410 g/mol. The molecule has 0 spiro atoms. The highest BCUT2D eigenvalue weighted by Crippen LogP contribution is 2.38. The molecule has 0 N–H and O–H groups in total. The van der Waals surface area contributed by atoms with Gasteiger partial charge < -0.3 is 4.90 Å². The molecule has 1 aliphatic carbocycles. The first-order chi connectivity index (χ1) is 15.2. The number of carbonyl (C=O) groups excluding carboxylic acids is 1. The molecule has 0 radical (unpaired) electrons. The number of hydrogen-bond acceptors (Lipinski definition) is 1. The van der Waals surface area contributed by atoms with E-state index in [1.54, 1.807) is 0 Å². The minimum atomic E-state index is 0.0919. The van der Waals surface area contributed by atoms with Crippen molar-refractivity contribution in [3.05, 3.63) is 89.5 Å². The van der Waals surface area contributed by atoms with E-state index in [4.69, 9.17) is 0 Å². The molecule has 0 unspecified atom stereocenters. The fourth-order valence-electron chi connectivity index (χ4n) is 5.38. The van der Waals surface area contributed by atoms with Crippen molar-refractivity contribution in [2.75, 3.05) is 11.4 Å². The lowest BCUT2D eigenvalue weighted by atomic mass is 9.77. The van der Waals surface area contributed by atoms with Crippen molar-refractivity contribution in [2.45, 2.75) is 51.4 Å². The van der Waals surface area contributed by atoms with Gasteiger partial charge >= 0.3 is 0 Å². The molecule has 158 valence electrons. The monoisotopic (exact) mass is 409 g/mol. The summed E-state index contributed by atoms with van der Waals surface area (Å²) in [6.07, 6.45) is 7.68. The third kappa shape index (κ3) is 4.04. The number of amides is 1. The van der Waals surface area contributed by atoms with Gasteiger partial charge in [0.05, 0.1) is 0 Å². The van der Waals surface area contributed by atoms with Crippen LogP contribution in [0.2, 0.25) is 0 Å². The van der Waals surface area contributed by atoms with Gasteiger partial charge in [0.2, 0.25) is 0 Å². The van der Waals surface area contributed by atoms with Crippen LogP contribution in [0, 0.1) is 5.92 Å². The topological polar surface area (TPSA) is 20.3 Å². The second-order valence-corrected chi connectivity index (χ2v) is 9.16. The Labute approximate surface area is 185 Å². The molecule has 0 saturated heterocycles. The number of anilines is 1. The highest BCUT2D eigenvalue weighted by atomic mass is 16.2. The molecule has 1 aliphatic heterocycles. The van der Waals surface area contributed by atoms with E-state index in [0.717, 1.165) is 36.1 Å². The minimum absolute atomic E-state index is 0.0919. The summed E-state index contributed by atoms with van der Waals surface area (Å²) in [6, 6.07) is 25.4. The Hall–Kier alpha value is -2.87. The molecule has 5 rings (SSSR count). The molecular formula is C29H31NO. The number of benzene rings is 3. The summed E-state index contributed by atoms with van der Waals surface area (Å²) in [6.45, 7) is 3.08. The van der Waals surface area contributed by atoms with Gasteiger partial charge in [0.25, 0.3) is 5.91 Å². The minimum Gasteiger partial charge on any atom is -0.308 e. The van der Waals surface area contributed by atoms with E-state index in [0.29, 0.717) is 0 Å². The normalized spacial score (nSPS) is 20.5. The van der Waals surface area contributed by atoms with Crippen LogP contribution < -0.4 is 4.90 Å². The summed E-state index contributed by atoms with van der Waals surface area (Å²) >= 11 is 0. The summed E-state index contributed by atoms with van der Waals surface area (Å²) in [7, 11) is 0. The number of rotatable bonds is 4. The zero-order chi connectivity index (χ0) is 21.2. The number of fused-ring (bicyclic) bond motifs is 1. The molecule has 0 bridgehead atoms. The van der Waals surface area contributed by atoms with E-state index in [2.05, 4.69) is 49.4 Å². The fraction of sp³-hybridized carbons (Fsp3) is 0.345. The van der Waals surface area contributed by atoms with Crippen LogP contribution in [0.4, 0.5) is 5.69 Å². The summed E-state index contributed by atoms with van der Waals surface area (Å²) in [5.41, 5.74) is 7.09. The van der Waals surface area contributed by atoms with Crippen LogP contribution in [0.1, 0.15) is 66.4 Å². The van der Waals surface area contributed by atoms with Crippen molar-refractivity contribution in [1.29, 1.82) is 0 Å². The Morgan fingerprint density at radius 1 is 0.871 bits per heavy atom. The number of carbonyl (C=O) groups is 1. The molecule has 2 heteroatoms. The highest BCUT2D eigenvalue weighted by Gasteiger charge is 2.26. The van der Waals surface area contributed by atoms with Crippen LogP contribution >= 0.6 is 0 Å². The largest absolute Gasteiger partial charge is 0.308 e. The van der Waals surface area contributed by atoms with Gasteiger partial charge in [-0.25, -0.2) is 0 Å². The van der Waals surface area contributed by atoms with Crippen molar-refractivity contribution >= 4 is 11.6 Å². The van der Waals surface area contributed by atoms with Crippen LogP contribution in [0.15, 0.2) is 72.8 Å². The SMILES string of the molecule is CCC1CCC(c2ccc(-c3ccc4c(c3)CCN4C(=O)c3ccccc3)cc2)CC1. The Balaban J connectivity index is 1.32. The maximum absolute atomic E-state index is 12.9. The zero-order valence-electron chi connectivity index (χ0n) is 18.4. The van der Waals surface area contributed by atoms with Gasteiger partial charge in [0.1, 0.15) is 0 Å². The summed E-state index contributed by atoms with van der Waals surface area (Å²) in [5.74, 6) is 1.76. The maximum atomic E-state index is 12.9. The van der Waals surface area contributed by atoms with Gasteiger partial charge in [-0.3, -0.25) is 4.79 Å². The molecule has 31 heavy (non-hydrogen) atoms. The van der Waals surface area contributed by atoms with Crippen molar-refractivity contribution in [3.63, 3.8) is 0 Å². The van der Waals surface area contributed by atoms with E-state index < -0.39 is 0 Å². The predicted molar refractivity (Wildman–Crippen MR) is 129 cm³/mol. The highest BCUT2D eigenvalue weighted by molar-refractivity contribution is 6.07. The van der Waals surface area contributed by atoms with Crippen molar-refractivity contribution < 1.29 is 4.79 Å². The molecule has 3 aromatic carbocycles. The van der Waals surface area contributed by atoms with Gasteiger partial charge in [-0.1, -0.05) is 61.9 Å². The zero-order valence-corrected chi connectivity index (χ0v) is 18.4. The summed E-state index contributed by atoms with van der Waals surface area (Å²) < 4.78 is 0. The summed E-state index contributed by atoms with van der Waals surface area (Å²) in [5, 5.41) is 0. The standard InChI is InChI=1S/C29H31NO/c1-2-21-8-10-22(11-9-21)23-12-14-24(15-13-23)26-16-17-28-27(20-26)18-19-30(28)29(31)25-6-4-3-5-7-25/h3-7,12-17,20-22H,2,8-11,18-19H2,1H3. The van der Waals surface area contributed by atoms with Gasteiger partial charge in [-0.15, -0.1) is 0 Å². The lowest BCUT2D eigenvalue weighted by molar-refractivity contribution is 0.0989. The number of nitrogens with zero attached hydrogens (tertiary/aromatic N) is 1. The van der Waals surface area contributed by atoms with Gasteiger partial charge in [0.15, 0.2) is 0 Å². The quantitative estimate of drug-likeness (QED) is 0.445. The first kappa shape index (κ1) is 20.1. The Kier molecular flexibility index (Phi) is 5.63. The van der Waals surface area contributed by atoms with Gasteiger partial charge in [-0.05, 0) is 90.5 Å². The number of hydrogen-bond donors (Lipinski definition) is 0. The Bertz CT molecular complexity index is 1050. The van der Waals surface area contributed by atoms with E-state index >= 15 is 0 Å². The third-order valence-corrected chi connectivity index (χ3v) is 7.38. The van der Waals surface area contributed by atoms with E-state index in [-0.39, 0.29) is 5.91 Å². The molecule has 0 aromatic heterocycles. The molecule has 1 heterocycles. The second-order valence-electron chi connectivity index (χ2n) is 9.16. The first-order valence-electron chi connectivity index (χ1n) is 11.8. The molecule has 2 aliphatic rings. The van der Waals surface area contributed by atoms with E-state index in [9.17, 15) is 4.79 Å². The predicted octanol–water partition coefficient (Wildman–Crippen LogP) is 7.24. The van der Waals surface area contributed by atoms with Crippen LogP contribution in [-0.4, -0.2) is 12.5 Å². The van der Waals surface area contributed by atoms with Crippen molar-refractivity contribution in [3.8, 4) is 11.1 Å².